The molecular weight excluding hydrogens is 326 g/mol. The quantitative estimate of drug-likeness (QED) is 0.840. The van der Waals surface area contributed by atoms with Crippen molar-refractivity contribution in [3.05, 3.63) is 52.6 Å². The summed E-state index contributed by atoms with van der Waals surface area (Å²) in [5.41, 5.74) is 3.84. The molecule has 0 saturated carbocycles. The Bertz CT molecular complexity index is 921. The average molecular weight is 345 g/mol. The Balaban J connectivity index is 1.70. The molecule has 0 aliphatic carbocycles. The van der Waals surface area contributed by atoms with Gasteiger partial charge in [-0.05, 0) is 60.7 Å². The summed E-state index contributed by atoms with van der Waals surface area (Å²) >= 11 is 0. The van der Waals surface area contributed by atoms with Crippen LogP contribution in [0.25, 0.3) is 0 Å². The first-order chi connectivity index (χ1) is 11.4. The summed E-state index contributed by atoms with van der Waals surface area (Å²) in [6.45, 7) is 4.81. The molecule has 0 radical (unpaired) electrons. The molecule has 0 fully saturated rings. The molecule has 2 aliphatic heterocycles. The monoisotopic (exact) mass is 345 g/mol. The lowest BCUT2D eigenvalue weighted by Gasteiger charge is -2.29. The molecule has 0 atom stereocenters. The number of rotatable bonds is 2. The van der Waals surface area contributed by atoms with Crippen molar-refractivity contribution in [2.24, 2.45) is 0 Å². The predicted molar refractivity (Wildman–Crippen MR) is 89.8 cm³/mol. The fourth-order valence-corrected chi connectivity index (χ4v) is 4.98. The van der Waals surface area contributed by atoms with Crippen LogP contribution in [-0.2, 0) is 23.0 Å². The standard InChI is InChI=1S/C18H19NO4S/c1-12-3-4-13(2)18(7-12)24(20,21)19-6-5-14-8-16-17(23-11-22-16)9-15(14)10-19/h3-4,7-9H,5-6,10-11H2,1-2H3. The smallest absolute Gasteiger partial charge is 0.243 e. The van der Waals surface area contributed by atoms with Crippen molar-refractivity contribution >= 4 is 10.0 Å². The summed E-state index contributed by atoms with van der Waals surface area (Å²) in [6, 6.07) is 9.42. The van der Waals surface area contributed by atoms with Gasteiger partial charge in [-0.25, -0.2) is 8.42 Å². The topological polar surface area (TPSA) is 55.8 Å². The van der Waals surface area contributed by atoms with E-state index in [9.17, 15) is 8.42 Å². The van der Waals surface area contributed by atoms with E-state index in [1.54, 1.807) is 10.4 Å². The van der Waals surface area contributed by atoms with Gasteiger partial charge in [0.2, 0.25) is 16.8 Å². The number of aryl methyl sites for hydroxylation is 2. The molecule has 126 valence electrons. The lowest BCUT2D eigenvalue weighted by Crippen LogP contribution is -2.36. The molecule has 0 amide bonds. The largest absolute Gasteiger partial charge is 0.454 e. The number of sulfonamides is 1. The van der Waals surface area contributed by atoms with Gasteiger partial charge >= 0.3 is 0 Å². The summed E-state index contributed by atoms with van der Waals surface area (Å²) in [5.74, 6) is 1.44. The minimum atomic E-state index is -3.51. The number of fused-ring (bicyclic) bond motifs is 2. The predicted octanol–water partition coefficient (Wildman–Crippen LogP) is 2.78. The molecule has 0 aromatic heterocycles. The molecule has 6 heteroatoms. The molecule has 2 aliphatic rings. The molecule has 2 aromatic carbocycles. The van der Waals surface area contributed by atoms with Crippen LogP contribution in [0, 0.1) is 13.8 Å². The van der Waals surface area contributed by atoms with Gasteiger partial charge in [0, 0.05) is 13.1 Å². The van der Waals surface area contributed by atoms with Crippen LogP contribution in [0.2, 0.25) is 0 Å². The van der Waals surface area contributed by atoms with E-state index in [4.69, 9.17) is 9.47 Å². The van der Waals surface area contributed by atoms with Gasteiger partial charge < -0.3 is 9.47 Å². The molecular formula is C18H19NO4S. The van der Waals surface area contributed by atoms with Crippen molar-refractivity contribution in [3.63, 3.8) is 0 Å². The Morgan fingerprint density at radius 1 is 1.00 bits per heavy atom. The van der Waals surface area contributed by atoms with Gasteiger partial charge in [-0.15, -0.1) is 0 Å². The summed E-state index contributed by atoms with van der Waals surface area (Å²) < 4.78 is 38.5. The molecule has 24 heavy (non-hydrogen) atoms. The molecule has 2 heterocycles. The molecule has 0 bridgehead atoms. The van der Waals surface area contributed by atoms with Crippen LogP contribution >= 0.6 is 0 Å². The zero-order chi connectivity index (χ0) is 16.9. The first-order valence-corrected chi connectivity index (χ1v) is 9.38. The van der Waals surface area contributed by atoms with E-state index >= 15 is 0 Å². The first-order valence-electron chi connectivity index (χ1n) is 7.94. The third-order valence-electron chi connectivity index (χ3n) is 4.63. The van der Waals surface area contributed by atoms with Crippen LogP contribution in [0.4, 0.5) is 0 Å². The fourth-order valence-electron chi connectivity index (χ4n) is 3.25. The number of nitrogens with zero attached hydrogens (tertiary/aromatic N) is 1. The summed E-state index contributed by atoms with van der Waals surface area (Å²) in [7, 11) is -3.51. The van der Waals surface area contributed by atoms with Crippen molar-refractivity contribution in [2.45, 2.75) is 31.7 Å². The van der Waals surface area contributed by atoms with E-state index in [0.29, 0.717) is 30.2 Å². The van der Waals surface area contributed by atoms with Crippen LogP contribution in [-0.4, -0.2) is 26.1 Å². The lowest BCUT2D eigenvalue weighted by atomic mass is 10.0. The highest BCUT2D eigenvalue weighted by molar-refractivity contribution is 7.89. The minimum absolute atomic E-state index is 0.225. The fraction of sp³-hybridized carbons (Fsp3) is 0.333. The maximum atomic E-state index is 13.1. The highest BCUT2D eigenvalue weighted by atomic mass is 32.2. The molecule has 2 aromatic rings. The van der Waals surface area contributed by atoms with Gasteiger partial charge in [-0.3, -0.25) is 0 Å². The molecule has 0 N–H and O–H groups in total. The van der Waals surface area contributed by atoms with Crippen molar-refractivity contribution < 1.29 is 17.9 Å². The van der Waals surface area contributed by atoms with Crippen LogP contribution < -0.4 is 9.47 Å². The van der Waals surface area contributed by atoms with Gasteiger partial charge in [-0.2, -0.15) is 4.31 Å². The molecule has 5 nitrogen and oxygen atoms in total. The van der Waals surface area contributed by atoms with Crippen molar-refractivity contribution in [2.75, 3.05) is 13.3 Å². The Labute approximate surface area is 141 Å². The molecule has 0 saturated heterocycles. The van der Waals surface area contributed by atoms with E-state index < -0.39 is 10.0 Å². The van der Waals surface area contributed by atoms with Crippen LogP contribution in [0.3, 0.4) is 0 Å². The minimum Gasteiger partial charge on any atom is -0.454 e. The SMILES string of the molecule is Cc1ccc(C)c(S(=O)(=O)N2CCc3cc4c(cc3C2)OCO4)c1. The first kappa shape index (κ1) is 15.5. The Kier molecular flexibility index (Phi) is 3.54. The maximum Gasteiger partial charge on any atom is 0.243 e. The van der Waals surface area contributed by atoms with Gasteiger partial charge in [-0.1, -0.05) is 12.1 Å². The summed E-state index contributed by atoms with van der Waals surface area (Å²) in [6.07, 6.45) is 0.677. The van der Waals surface area contributed by atoms with Crippen molar-refractivity contribution in [1.29, 1.82) is 0 Å². The van der Waals surface area contributed by atoms with Crippen LogP contribution in [0.1, 0.15) is 22.3 Å². The number of hydrogen-bond acceptors (Lipinski definition) is 4. The van der Waals surface area contributed by atoms with Gasteiger partial charge in [0.15, 0.2) is 11.5 Å². The van der Waals surface area contributed by atoms with Gasteiger partial charge in [0.05, 0.1) is 4.90 Å². The highest BCUT2D eigenvalue weighted by Crippen LogP contribution is 2.37. The van der Waals surface area contributed by atoms with Gasteiger partial charge in [0.25, 0.3) is 0 Å². The highest BCUT2D eigenvalue weighted by Gasteiger charge is 2.31. The third kappa shape index (κ3) is 2.46. The average Bonchev–Trinajstić information content (AvgIpc) is 3.01. The second-order valence-corrected chi connectivity index (χ2v) is 8.24. The van der Waals surface area contributed by atoms with E-state index in [2.05, 4.69) is 0 Å². The Morgan fingerprint density at radius 3 is 2.46 bits per heavy atom. The number of ether oxygens (including phenoxy) is 2. The van der Waals surface area contributed by atoms with E-state index in [-0.39, 0.29) is 6.79 Å². The van der Waals surface area contributed by atoms with E-state index in [0.717, 1.165) is 28.0 Å². The molecule has 0 unspecified atom stereocenters. The van der Waals surface area contributed by atoms with Gasteiger partial charge in [0.1, 0.15) is 0 Å². The second kappa shape index (κ2) is 5.50. The van der Waals surface area contributed by atoms with Crippen LogP contribution in [0.5, 0.6) is 11.5 Å². The summed E-state index contributed by atoms with van der Waals surface area (Å²) in [4.78, 5) is 0.395. The van der Waals surface area contributed by atoms with E-state index in [1.807, 2.05) is 38.1 Å². The molecule has 0 spiro atoms. The Hall–Kier alpha value is -2.05. The lowest BCUT2D eigenvalue weighted by molar-refractivity contribution is 0.174. The maximum absolute atomic E-state index is 13.1. The van der Waals surface area contributed by atoms with Crippen molar-refractivity contribution in [1.82, 2.24) is 4.31 Å². The Morgan fingerprint density at radius 2 is 1.71 bits per heavy atom. The molecule has 4 rings (SSSR count). The zero-order valence-electron chi connectivity index (χ0n) is 13.7. The van der Waals surface area contributed by atoms with E-state index in [1.165, 1.54) is 0 Å². The second-order valence-electron chi connectivity index (χ2n) is 6.33. The number of hydrogen-bond donors (Lipinski definition) is 0. The number of benzene rings is 2. The van der Waals surface area contributed by atoms with Crippen molar-refractivity contribution in [3.8, 4) is 11.5 Å². The zero-order valence-corrected chi connectivity index (χ0v) is 14.5. The summed E-state index contributed by atoms with van der Waals surface area (Å²) in [5, 5.41) is 0. The third-order valence-corrected chi connectivity index (χ3v) is 6.62. The van der Waals surface area contributed by atoms with Crippen LogP contribution in [0.15, 0.2) is 35.2 Å². The normalized spacial score (nSPS) is 16.9.